The second kappa shape index (κ2) is 15.2. The molecular formula is C38H30N8O8S3Zn. The van der Waals surface area contributed by atoms with Crippen molar-refractivity contribution in [3.63, 3.8) is 0 Å². The monoisotopic (exact) mass is 886 g/mol. The van der Waals surface area contributed by atoms with Crippen molar-refractivity contribution < 1.29 is 55.1 Å². The first-order valence-corrected chi connectivity index (χ1v) is 20.8. The molecule has 4 N–H and O–H groups in total. The van der Waals surface area contributed by atoms with Crippen molar-refractivity contribution in [2.45, 2.75) is 35.5 Å². The third-order valence-corrected chi connectivity index (χ3v) is 13.0. The van der Waals surface area contributed by atoms with E-state index < -0.39 is 47.0 Å². The number of rotatable bonds is 6. The summed E-state index contributed by atoms with van der Waals surface area (Å²) in [6.07, 6.45) is 17.0. The van der Waals surface area contributed by atoms with Crippen molar-refractivity contribution in [1.29, 1.82) is 0 Å². The molecular weight excluding hydrogens is 858 g/mol. The Morgan fingerprint density at radius 3 is 1.67 bits per heavy atom. The van der Waals surface area contributed by atoms with Crippen molar-refractivity contribution in [3.05, 3.63) is 107 Å². The molecule has 0 spiro atoms. The summed E-state index contributed by atoms with van der Waals surface area (Å²) in [5.41, 5.74) is 3.72. The summed E-state index contributed by atoms with van der Waals surface area (Å²) in [6.45, 7) is 4.45. The van der Waals surface area contributed by atoms with Gasteiger partial charge in [-0.15, -0.1) is 0 Å². The average Bonchev–Trinajstić information content (AvgIpc) is 3.79. The molecule has 0 saturated carbocycles. The fourth-order valence-corrected chi connectivity index (χ4v) is 7.38. The van der Waals surface area contributed by atoms with E-state index >= 15 is 0 Å². The third kappa shape index (κ3) is 7.14. The van der Waals surface area contributed by atoms with Crippen LogP contribution < -0.4 is 9.97 Å². The van der Waals surface area contributed by atoms with E-state index in [1.807, 2.05) is 12.1 Å². The number of fused-ring (bicyclic) bond motifs is 16. The second-order valence-corrected chi connectivity index (χ2v) is 18.1. The maximum absolute atomic E-state index is 12.5. The molecule has 4 aliphatic rings. The van der Waals surface area contributed by atoms with Gasteiger partial charge in [-0.05, 0) is 49.1 Å². The number of hydrogen-bond donors (Lipinski definition) is 4. The van der Waals surface area contributed by atoms with Gasteiger partial charge in [-0.3, -0.25) is 4.55 Å². The molecule has 3 aromatic heterocycles. The van der Waals surface area contributed by atoms with Crippen LogP contribution in [-0.4, -0.2) is 80.2 Å². The van der Waals surface area contributed by atoms with Gasteiger partial charge in [-0.25, -0.2) is 18.4 Å². The van der Waals surface area contributed by atoms with Gasteiger partial charge in [0.1, 0.15) is 9.49 Å². The normalized spacial score (nSPS) is 21.3. The summed E-state index contributed by atoms with van der Waals surface area (Å²) >= 11 is -4.50. The smallest absolute Gasteiger partial charge is 0.516 e. The zero-order valence-electron chi connectivity index (χ0n) is 30.7. The number of aliphatic hydroxyl groups is 1. The van der Waals surface area contributed by atoms with E-state index in [-0.39, 0.29) is 70.9 Å². The van der Waals surface area contributed by atoms with Gasteiger partial charge in [0.25, 0.3) is 10.1 Å². The number of allylic oxidation sites excluding steroid dienone is 4. The molecule has 290 valence electrons. The topological polar surface area (TPSA) is 255 Å². The number of aromatic nitrogens is 8. The van der Waals surface area contributed by atoms with Crippen molar-refractivity contribution in [2.75, 3.05) is 0 Å². The molecule has 58 heavy (non-hydrogen) atoms. The number of aliphatic hydroxyl groups excluding tert-OH is 1. The molecule has 5 unspecified atom stereocenters. The Bertz CT molecular complexity index is 2990. The van der Waals surface area contributed by atoms with Crippen LogP contribution in [0, 0.1) is 0 Å². The van der Waals surface area contributed by atoms with Crippen molar-refractivity contribution >= 4 is 90.3 Å². The molecule has 4 aromatic rings. The number of benzene rings is 1. The molecule has 20 heteroatoms. The van der Waals surface area contributed by atoms with Gasteiger partial charge < -0.3 is 44.1 Å². The van der Waals surface area contributed by atoms with E-state index in [0.717, 1.165) is 6.26 Å². The van der Waals surface area contributed by atoms with Crippen molar-refractivity contribution in [3.8, 4) is 22.8 Å². The van der Waals surface area contributed by atoms with Crippen LogP contribution in [0.5, 0.6) is 0 Å². The Hall–Kier alpha value is -5.21. The first-order chi connectivity index (χ1) is 27.1. The van der Waals surface area contributed by atoms with Crippen molar-refractivity contribution in [2.24, 2.45) is 0 Å². The minimum Gasteiger partial charge on any atom is -0.516 e. The van der Waals surface area contributed by atoms with Gasteiger partial charge in [0.2, 0.25) is 0 Å². The summed E-state index contributed by atoms with van der Waals surface area (Å²) in [5.74, 6) is 0.531. The molecule has 0 radical (unpaired) electrons. The van der Waals surface area contributed by atoms with Gasteiger partial charge >= 0.3 is 19.5 Å². The van der Waals surface area contributed by atoms with Crippen LogP contribution in [0.3, 0.4) is 0 Å². The minimum atomic E-state index is -4.65. The molecule has 0 amide bonds. The van der Waals surface area contributed by atoms with Crippen LogP contribution in [-0.2, 0) is 51.8 Å². The Morgan fingerprint density at radius 1 is 0.707 bits per heavy atom. The Balaban J connectivity index is 0.00000512. The van der Waals surface area contributed by atoms with Gasteiger partial charge in [0.05, 0.1) is 34.8 Å². The van der Waals surface area contributed by atoms with Crippen LogP contribution in [0.2, 0.25) is 0 Å². The largest absolute Gasteiger partial charge is 2.00 e. The number of nitrogens with zero attached hydrogens (tertiary/aromatic N) is 8. The second-order valence-electron chi connectivity index (χ2n) is 13.6. The van der Waals surface area contributed by atoms with Gasteiger partial charge in [-0.2, -0.15) is 8.42 Å². The van der Waals surface area contributed by atoms with Crippen LogP contribution in [0.1, 0.15) is 54.7 Å². The Labute approximate surface area is 348 Å². The molecule has 0 fully saturated rings. The first kappa shape index (κ1) is 41.0. The van der Waals surface area contributed by atoms with Crippen LogP contribution in [0.4, 0.5) is 0 Å². The third-order valence-electron chi connectivity index (χ3n) is 9.77. The van der Waals surface area contributed by atoms with Gasteiger partial charge in [0, 0.05) is 44.9 Å². The van der Waals surface area contributed by atoms with Crippen LogP contribution >= 0.6 is 0 Å². The Morgan fingerprint density at radius 2 is 1.17 bits per heavy atom. The van der Waals surface area contributed by atoms with E-state index in [0.29, 0.717) is 39.0 Å². The predicted molar refractivity (Wildman–Crippen MR) is 218 cm³/mol. The SMILES string of the molecule is CC(/C=C\c1c(/C=C\O)c2nc3nc(nc4[n-]c(nc5nc(nc1[n-]2)-c1ccccc1-5)c1c4C=CC(C)(S(=O)O)C=C1)C1=C3C=CC(C)(S(=O)(=O)O)C=C1)S(=O)O.[Zn+2]. The first-order valence-electron chi connectivity index (χ1n) is 17.1. The van der Waals surface area contributed by atoms with Crippen LogP contribution in [0.15, 0.2) is 73.1 Å². The molecule has 2 aliphatic heterocycles. The summed E-state index contributed by atoms with van der Waals surface area (Å²) in [6, 6.07) is 7.23. The van der Waals surface area contributed by atoms with E-state index in [1.165, 1.54) is 43.4 Å². The minimum absolute atomic E-state index is 0. The standard InChI is InChI=1S/C38H30N8O8S3.Zn/c1-20(55(48)49)8-9-23-28(14-19-47)36-42-31(23)40-29-21-6-4-5-7-22(21)30(39-29)41-32-24-10-15-37(2,56(50)51)16-11-25(24)33(43-32)44-34-26-12-17-38(3,57(52,53)54)18-13-27(26)35(45-34)46-36;/h4-20H,1-3H3,(H4-2,39,40,41,42,43,44,45,46,47,48,49,50,51,52,53,54);/q-2;+2/b9-8-;. The predicted octanol–water partition coefficient (Wildman–Crippen LogP) is 5.34. The van der Waals surface area contributed by atoms with E-state index in [9.17, 15) is 35.6 Å². The summed E-state index contributed by atoms with van der Waals surface area (Å²) in [7, 11) is -4.65. The average molecular weight is 888 g/mol. The molecule has 16 nitrogen and oxygen atoms in total. The molecule has 5 atom stereocenters. The van der Waals surface area contributed by atoms with Crippen LogP contribution in [0.25, 0.3) is 80.8 Å². The summed E-state index contributed by atoms with van der Waals surface area (Å²) < 4.78 is 76.4. The fraction of sp³-hybridized carbons (Fsp3) is 0.158. The molecule has 8 bridgehead atoms. The van der Waals surface area contributed by atoms with E-state index in [2.05, 4.69) is 0 Å². The van der Waals surface area contributed by atoms with Crippen molar-refractivity contribution in [1.82, 2.24) is 39.9 Å². The summed E-state index contributed by atoms with van der Waals surface area (Å²) in [5, 5.41) is 9.25. The number of hydrogen-bond acceptors (Lipinski definition) is 11. The maximum atomic E-state index is 12.5. The van der Waals surface area contributed by atoms with Gasteiger partial charge in [-0.1, -0.05) is 85.0 Å². The molecule has 2 aliphatic carbocycles. The molecule has 8 rings (SSSR count). The molecule has 1 aromatic carbocycles. The fourth-order valence-electron chi connectivity index (χ4n) is 6.32. The van der Waals surface area contributed by atoms with E-state index in [4.69, 9.17) is 39.9 Å². The Kier molecular flexibility index (Phi) is 10.7. The molecule has 0 saturated heterocycles. The zero-order chi connectivity index (χ0) is 40.4. The quantitative estimate of drug-likeness (QED) is 0.0726. The maximum Gasteiger partial charge on any atom is 2.00 e. The summed E-state index contributed by atoms with van der Waals surface area (Å²) in [4.78, 5) is 38.4. The van der Waals surface area contributed by atoms with Gasteiger partial charge in [0.15, 0.2) is 22.2 Å². The zero-order valence-corrected chi connectivity index (χ0v) is 36.2. The van der Waals surface area contributed by atoms with E-state index in [1.54, 1.807) is 56.4 Å². The molecule has 5 heterocycles.